The number of amides is 3. The van der Waals surface area contributed by atoms with Crippen molar-refractivity contribution in [1.29, 1.82) is 0 Å². The number of quaternary nitrogens is 1. The molecule has 1 aliphatic carbocycles. The van der Waals surface area contributed by atoms with E-state index in [2.05, 4.69) is 16.0 Å². The van der Waals surface area contributed by atoms with Crippen LogP contribution in [0.3, 0.4) is 0 Å². The van der Waals surface area contributed by atoms with E-state index in [0.717, 1.165) is 23.3 Å². The van der Waals surface area contributed by atoms with Crippen LogP contribution >= 0.6 is 0 Å². The van der Waals surface area contributed by atoms with Gasteiger partial charge in [-0.05, 0) is 37.5 Å². The molecule has 1 heterocycles. The molecule has 3 amide bonds. The molecule has 0 spiro atoms. The minimum atomic E-state index is -0.660. The summed E-state index contributed by atoms with van der Waals surface area (Å²) in [6.45, 7) is 2.49. The van der Waals surface area contributed by atoms with Crippen LogP contribution in [-0.4, -0.2) is 57.8 Å². The molecule has 1 unspecified atom stereocenters. The van der Waals surface area contributed by atoms with Crippen molar-refractivity contribution in [3.05, 3.63) is 41.1 Å². The lowest BCUT2D eigenvalue weighted by Crippen LogP contribution is -3.10. The summed E-state index contributed by atoms with van der Waals surface area (Å²) in [4.78, 5) is 38.1. The highest BCUT2D eigenvalue weighted by Crippen LogP contribution is 2.28. The van der Waals surface area contributed by atoms with Crippen LogP contribution in [0.5, 0.6) is 5.75 Å². The number of hydrogen-bond acceptors (Lipinski definition) is 5. The molecule has 1 aliphatic heterocycles. The van der Waals surface area contributed by atoms with Crippen LogP contribution in [-0.2, 0) is 14.3 Å². The van der Waals surface area contributed by atoms with Gasteiger partial charge in [0.2, 0.25) is 0 Å². The predicted octanol–water partition coefficient (Wildman–Crippen LogP) is -0.340. The number of esters is 1. The zero-order chi connectivity index (χ0) is 21.7. The van der Waals surface area contributed by atoms with Gasteiger partial charge in [-0.1, -0.05) is 12.1 Å². The average Bonchev–Trinajstić information content (AvgIpc) is 3.51. The molecule has 4 N–H and O–H groups in total. The number of rotatable bonds is 9. The van der Waals surface area contributed by atoms with E-state index in [1.807, 2.05) is 7.05 Å². The first kappa shape index (κ1) is 21.6. The Hall–Kier alpha value is -3.07. The second-order valence-corrected chi connectivity index (χ2v) is 7.57. The van der Waals surface area contributed by atoms with E-state index in [1.165, 1.54) is 0 Å². The number of nitrogens with one attached hydrogen (secondary N) is 4. The fourth-order valence-corrected chi connectivity index (χ4v) is 3.40. The summed E-state index contributed by atoms with van der Waals surface area (Å²) in [6.07, 6.45) is 2.04. The van der Waals surface area contributed by atoms with Crippen LogP contribution in [0.1, 0.15) is 31.4 Å². The number of carbonyl (C=O) groups excluding carboxylic acids is 3. The number of methoxy groups -OCH3 is 1. The van der Waals surface area contributed by atoms with Crippen molar-refractivity contribution in [1.82, 2.24) is 16.0 Å². The molecule has 1 saturated carbocycles. The maximum atomic E-state index is 12.8. The largest absolute Gasteiger partial charge is 0.497 e. The topological polar surface area (TPSA) is 110 Å². The first-order valence-electron chi connectivity index (χ1n) is 10.1. The van der Waals surface area contributed by atoms with Crippen molar-refractivity contribution in [2.24, 2.45) is 0 Å². The molecule has 2 aliphatic rings. The first-order chi connectivity index (χ1) is 14.4. The molecule has 9 nitrogen and oxygen atoms in total. The summed E-state index contributed by atoms with van der Waals surface area (Å²) in [6, 6.07) is 6.35. The molecule has 9 heteroatoms. The Morgan fingerprint density at radius 2 is 1.93 bits per heavy atom. The fraction of sp³-hybridized carbons (Fsp3) is 0.476. The molecule has 1 aromatic rings. The lowest BCUT2D eigenvalue weighted by Gasteiger charge is -2.30. The van der Waals surface area contributed by atoms with Gasteiger partial charge in [0.05, 0.1) is 38.1 Å². The molecule has 1 aromatic carbocycles. The van der Waals surface area contributed by atoms with Gasteiger partial charge in [0.25, 0.3) is 5.91 Å². The second kappa shape index (κ2) is 9.62. The van der Waals surface area contributed by atoms with E-state index < -0.39 is 18.0 Å². The van der Waals surface area contributed by atoms with Crippen molar-refractivity contribution < 1.29 is 28.8 Å². The number of carbonyl (C=O) groups is 3. The lowest BCUT2D eigenvalue weighted by molar-refractivity contribution is -0.866. The highest BCUT2D eigenvalue weighted by Gasteiger charge is 2.35. The molecule has 0 saturated heterocycles. The summed E-state index contributed by atoms with van der Waals surface area (Å²) in [5.41, 5.74) is 1.52. The second-order valence-electron chi connectivity index (χ2n) is 7.57. The Kier molecular flexibility index (Phi) is 6.94. The van der Waals surface area contributed by atoms with Gasteiger partial charge in [0.15, 0.2) is 6.54 Å². The molecule has 2 atom stereocenters. The normalized spacial score (nSPS) is 19.4. The van der Waals surface area contributed by atoms with E-state index in [1.54, 1.807) is 38.3 Å². The number of urea groups is 1. The predicted molar refractivity (Wildman–Crippen MR) is 109 cm³/mol. The third kappa shape index (κ3) is 5.50. The summed E-state index contributed by atoms with van der Waals surface area (Å²) in [7, 11) is 3.42. The zero-order valence-electron chi connectivity index (χ0n) is 17.5. The summed E-state index contributed by atoms with van der Waals surface area (Å²) in [5, 5.41) is 8.49. The highest BCUT2D eigenvalue weighted by molar-refractivity contribution is 5.95. The van der Waals surface area contributed by atoms with Crippen LogP contribution in [0.25, 0.3) is 0 Å². The zero-order valence-corrected chi connectivity index (χ0v) is 17.5. The minimum absolute atomic E-state index is 0.0414. The van der Waals surface area contributed by atoms with E-state index in [9.17, 15) is 14.4 Å². The third-order valence-electron chi connectivity index (χ3n) is 4.98. The number of benzene rings is 1. The third-order valence-corrected chi connectivity index (χ3v) is 4.98. The number of likely N-dealkylation sites (N-methyl/N-ethyl adjacent to an activating group) is 1. The lowest BCUT2D eigenvalue weighted by atomic mass is 9.95. The van der Waals surface area contributed by atoms with Crippen LogP contribution in [0, 0.1) is 0 Å². The van der Waals surface area contributed by atoms with Crippen LogP contribution in [0.2, 0.25) is 0 Å². The van der Waals surface area contributed by atoms with E-state index >= 15 is 0 Å². The molecule has 1 fully saturated rings. The van der Waals surface area contributed by atoms with Crippen LogP contribution in [0.15, 0.2) is 35.5 Å². The average molecular weight is 417 g/mol. The van der Waals surface area contributed by atoms with Crippen molar-refractivity contribution in [2.45, 2.75) is 31.8 Å². The Balaban J connectivity index is 1.85. The summed E-state index contributed by atoms with van der Waals surface area (Å²) < 4.78 is 10.5. The number of hydrogen-bond donors (Lipinski definition) is 4. The highest BCUT2D eigenvalue weighted by atomic mass is 16.5. The molecule has 0 aromatic heterocycles. The fourth-order valence-electron chi connectivity index (χ4n) is 3.40. The molecule has 30 heavy (non-hydrogen) atoms. The van der Waals surface area contributed by atoms with E-state index in [-0.39, 0.29) is 25.1 Å². The van der Waals surface area contributed by atoms with Crippen LogP contribution in [0.4, 0.5) is 4.79 Å². The molecule has 162 valence electrons. The molecule has 0 radical (unpaired) electrons. The minimum Gasteiger partial charge on any atom is -0.497 e. The van der Waals surface area contributed by atoms with Gasteiger partial charge < -0.3 is 30.3 Å². The van der Waals surface area contributed by atoms with Crippen molar-refractivity contribution in [3.63, 3.8) is 0 Å². The maximum absolute atomic E-state index is 12.8. The van der Waals surface area contributed by atoms with Crippen molar-refractivity contribution in [2.75, 3.05) is 33.9 Å². The van der Waals surface area contributed by atoms with Gasteiger partial charge in [-0.15, -0.1) is 0 Å². The van der Waals surface area contributed by atoms with Gasteiger partial charge in [-0.25, -0.2) is 9.59 Å². The van der Waals surface area contributed by atoms with Gasteiger partial charge >= 0.3 is 12.0 Å². The van der Waals surface area contributed by atoms with Crippen molar-refractivity contribution in [3.8, 4) is 5.75 Å². The standard InChI is InChI=1S/C21H28N4O5/c1-4-30-20(27)18-16(11-25(2)12-17(26)22-14-7-8-14)23-21(28)24-19(18)13-5-9-15(29-3)10-6-13/h5-6,9-10,14,19H,4,7-8,11-12H2,1-3H3,(H,22,26)(H2,23,24,28)/p+1/t19-/m1/s1. The monoisotopic (exact) mass is 417 g/mol. The summed E-state index contributed by atoms with van der Waals surface area (Å²) in [5.74, 6) is 0.128. The maximum Gasteiger partial charge on any atom is 0.338 e. The Bertz CT molecular complexity index is 832. The van der Waals surface area contributed by atoms with Crippen molar-refractivity contribution >= 4 is 17.9 Å². The molecular formula is C21H29N4O5+. The van der Waals surface area contributed by atoms with Crippen LogP contribution < -0.4 is 25.6 Å². The summed E-state index contributed by atoms with van der Waals surface area (Å²) >= 11 is 0. The molecule has 0 bridgehead atoms. The quantitative estimate of drug-likeness (QED) is 0.411. The Morgan fingerprint density at radius 1 is 1.23 bits per heavy atom. The van der Waals surface area contributed by atoms with Gasteiger partial charge in [0, 0.05) is 6.04 Å². The first-order valence-corrected chi connectivity index (χ1v) is 10.1. The van der Waals surface area contributed by atoms with E-state index in [0.29, 0.717) is 23.6 Å². The van der Waals surface area contributed by atoms with Gasteiger partial charge in [-0.2, -0.15) is 0 Å². The Morgan fingerprint density at radius 3 is 2.53 bits per heavy atom. The number of ether oxygens (including phenoxy) is 2. The van der Waals surface area contributed by atoms with E-state index in [4.69, 9.17) is 9.47 Å². The van der Waals surface area contributed by atoms with Gasteiger partial charge in [-0.3, -0.25) is 4.79 Å². The molecular weight excluding hydrogens is 388 g/mol. The van der Waals surface area contributed by atoms with Gasteiger partial charge in [0.1, 0.15) is 12.3 Å². The Labute approximate surface area is 175 Å². The molecule has 3 rings (SSSR count). The smallest absolute Gasteiger partial charge is 0.338 e. The SMILES string of the molecule is CCOC(=O)C1=C(C[NH+](C)CC(=O)NC2CC2)NC(=O)N[C@@H]1c1ccc(OC)cc1.